The second-order valence-electron chi connectivity index (χ2n) is 4.03. The van der Waals surface area contributed by atoms with Crippen LogP contribution < -0.4 is 5.32 Å². The van der Waals surface area contributed by atoms with Crippen LogP contribution in [-0.4, -0.2) is 66.6 Å². The molecule has 2 heterocycles. The summed E-state index contributed by atoms with van der Waals surface area (Å²) in [5, 5.41) is 2.88. The van der Waals surface area contributed by atoms with Crippen LogP contribution in [0.1, 0.15) is 6.42 Å². The largest absolute Gasteiger partial charge is 0.338 e. The molecule has 2 amide bonds. The number of hydrogen-bond donors (Lipinski definition) is 1. The number of carbonyl (C=O) groups is 1. The molecule has 2 aliphatic rings. The van der Waals surface area contributed by atoms with E-state index in [0.717, 1.165) is 32.6 Å². The molecule has 0 aromatic heterocycles. The molecule has 0 radical (unpaired) electrons. The van der Waals surface area contributed by atoms with Crippen molar-refractivity contribution in [2.75, 3.05) is 50.8 Å². The third-order valence-corrected chi connectivity index (χ3v) is 3.90. The van der Waals surface area contributed by atoms with Gasteiger partial charge in [0.25, 0.3) is 0 Å². The Morgan fingerprint density at radius 3 is 2.73 bits per heavy atom. The summed E-state index contributed by atoms with van der Waals surface area (Å²) in [5.41, 5.74) is 0. The van der Waals surface area contributed by atoms with Crippen molar-refractivity contribution in [3.63, 3.8) is 0 Å². The van der Waals surface area contributed by atoms with Crippen LogP contribution in [0.15, 0.2) is 0 Å². The molecule has 0 unspecified atom stereocenters. The summed E-state index contributed by atoms with van der Waals surface area (Å²) >= 11 is 2.03. The molecule has 86 valence electrons. The van der Waals surface area contributed by atoms with Crippen LogP contribution in [0.4, 0.5) is 4.79 Å². The minimum Gasteiger partial charge on any atom is -0.338 e. The zero-order valence-electron chi connectivity index (χ0n) is 9.07. The molecule has 0 aromatic rings. The molecule has 1 N–H and O–H groups in total. The van der Waals surface area contributed by atoms with Gasteiger partial charge in [-0.05, 0) is 6.42 Å². The summed E-state index contributed by atoms with van der Waals surface area (Å²) in [6.07, 6.45) is 1.08. The topological polar surface area (TPSA) is 35.6 Å². The number of hydrogen-bond acceptors (Lipinski definition) is 3. The summed E-state index contributed by atoms with van der Waals surface area (Å²) in [5.74, 6) is 2.48. The van der Waals surface area contributed by atoms with Gasteiger partial charge in [0.2, 0.25) is 0 Å². The Kier molecular flexibility index (Phi) is 4.14. The van der Waals surface area contributed by atoms with Crippen molar-refractivity contribution < 1.29 is 4.79 Å². The van der Waals surface area contributed by atoms with Gasteiger partial charge in [0.05, 0.1) is 0 Å². The Balaban J connectivity index is 1.69. The molecule has 5 heteroatoms. The summed E-state index contributed by atoms with van der Waals surface area (Å²) < 4.78 is 0. The van der Waals surface area contributed by atoms with Gasteiger partial charge in [-0.1, -0.05) is 0 Å². The fraction of sp³-hybridized carbons (Fsp3) is 0.900. The lowest BCUT2D eigenvalue weighted by Gasteiger charge is -2.31. The van der Waals surface area contributed by atoms with E-state index in [4.69, 9.17) is 0 Å². The van der Waals surface area contributed by atoms with Crippen molar-refractivity contribution in [2.45, 2.75) is 6.42 Å². The number of nitrogens with one attached hydrogen (secondary N) is 1. The Morgan fingerprint density at radius 2 is 2.00 bits per heavy atom. The van der Waals surface area contributed by atoms with Gasteiger partial charge in [0.15, 0.2) is 0 Å². The van der Waals surface area contributed by atoms with E-state index in [0.29, 0.717) is 0 Å². The Morgan fingerprint density at radius 1 is 1.20 bits per heavy atom. The maximum Gasteiger partial charge on any atom is 0.317 e. The molecule has 0 aromatic carbocycles. The van der Waals surface area contributed by atoms with Gasteiger partial charge in [-0.2, -0.15) is 11.8 Å². The third kappa shape index (κ3) is 3.28. The van der Waals surface area contributed by atoms with Crippen molar-refractivity contribution in [1.82, 2.24) is 15.1 Å². The molecule has 0 atom stereocenters. The predicted molar refractivity (Wildman–Crippen MR) is 63.4 cm³/mol. The van der Waals surface area contributed by atoms with Gasteiger partial charge in [0.1, 0.15) is 0 Å². The number of carbonyl (C=O) groups excluding carboxylic acids is 1. The second-order valence-corrected chi connectivity index (χ2v) is 5.25. The van der Waals surface area contributed by atoms with Gasteiger partial charge in [-0.15, -0.1) is 0 Å². The van der Waals surface area contributed by atoms with Crippen molar-refractivity contribution in [3.05, 3.63) is 0 Å². The minimum atomic E-state index is 0.118. The molecular weight excluding hydrogens is 210 g/mol. The van der Waals surface area contributed by atoms with Crippen molar-refractivity contribution in [3.8, 4) is 0 Å². The van der Waals surface area contributed by atoms with Crippen LogP contribution in [0.25, 0.3) is 0 Å². The normalized spacial score (nSPS) is 24.0. The zero-order chi connectivity index (χ0) is 10.5. The maximum atomic E-state index is 11.5. The van der Waals surface area contributed by atoms with E-state index < -0.39 is 0 Å². The van der Waals surface area contributed by atoms with E-state index in [-0.39, 0.29) is 6.03 Å². The molecule has 0 spiro atoms. The van der Waals surface area contributed by atoms with E-state index in [1.54, 1.807) is 0 Å². The quantitative estimate of drug-likeness (QED) is 0.763. The molecule has 0 aliphatic carbocycles. The molecule has 15 heavy (non-hydrogen) atoms. The predicted octanol–water partition coefficient (Wildman–Crippen LogP) is 0.451. The highest BCUT2D eigenvalue weighted by molar-refractivity contribution is 7.99. The fourth-order valence-corrected chi connectivity index (χ4v) is 2.96. The maximum absolute atomic E-state index is 11.5. The number of nitrogens with zero attached hydrogens (tertiary/aromatic N) is 2. The van der Waals surface area contributed by atoms with Gasteiger partial charge in [0, 0.05) is 50.8 Å². The van der Waals surface area contributed by atoms with Crippen LogP contribution >= 0.6 is 11.8 Å². The first-order valence-electron chi connectivity index (χ1n) is 5.69. The van der Waals surface area contributed by atoms with E-state index in [9.17, 15) is 4.79 Å². The van der Waals surface area contributed by atoms with Crippen LogP contribution in [0, 0.1) is 0 Å². The molecule has 2 rings (SSSR count). The molecular formula is C10H19N3OS. The lowest BCUT2D eigenvalue weighted by atomic mass is 10.3. The van der Waals surface area contributed by atoms with Crippen LogP contribution in [-0.2, 0) is 0 Å². The first-order chi connectivity index (χ1) is 7.36. The standard InChI is InChI=1S/C10H19N3OS/c14-10-11-2-1-3-13(10)5-4-12-6-8-15-9-7-12/h1-9H2,(H,11,14). The van der Waals surface area contributed by atoms with E-state index in [1.165, 1.54) is 24.6 Å². The van der Waals surface area contributed by atoms with E-state index >= 15 is 0 Å². The second kappa shape index (κ2) is 5.61. The van der Waals surface area contributed by atoms with Gasteiger partial charge < -0.3 is 10.2 Å². The highest BCUT2D eigenvalue weighted by Crippen LogP contribution is 2.09. The number of thioether (sulfide) groups is 1. The minimum absolute atomic E-state index is 0.118. The summed E-state index contributed by atoms with van der Waals surface area (Å²) in [4.78, 5) is 15.9. The third-order valence-electron chi connectivity index (χ3n) is 2.96. The van der Waals surface area contributed by atoms with Gasteiger partial charge >= 0.3 is 6.03 Å². The summed E-state index contributed by atoms with van der Waals surface area (Å²) in [6.45, 7) is 6.05. The van der Waals surface area contributed by atoms with Crippen LogP contribution in [0.3, 0.4) is 0 Å². The van der Waals surface area contributed by atoms with Crippen LogP contribution in [0.5, 0.6) is 0 Å². The van der Waals surface area contributed by atoms with E-state index in [1.807, 2.05) is 16.7 Å². The van der Waals surface area contributed by atoms with Crippen molar-refractivity contribution in [1.29, 1.82) is 0 Å². The highest BCUT2D eigenvalue weighted by atomic mass is 32.2. The molecule has 4 nitrogen and oxygen atoms in total. The summed E-state index contributed by atoms with van der Waals surface area (Å²) in [6, 6.07) is 0.118. The molecule has 0 bridgehead atoms. The lowest BCUT2D eigenvalue weighted by Crippen LogP contribution is -2.49. The SMILES string of the molecule is O=C1NCCCN1CCN1CCSCC1. The lowest BCUT2D eigenvalue weighted by molar-refractivity contribution is 0.174. The van der Waals surface area contributed by atoms with Crippen molar-refractivity contribution >= 4 is 17.8 Å². The number of amides is 2. The smallest absolute Gasteiger partial charge is 0.317 e. The Hall–Kier alpha value is -0.420. The number of rotatable bonds is 3. The molecule has 2 fully saturated rings. The monoisotopic (exact) mass is 229 g/mol. The van der Waals surface area contributed by atoms with E-state index in [2.05, 4.69) is 10.2 Å². The Bertz CT molecular complexity index is 219. The molecule has 2 saturated heterocycles. The van der Waals surface area contributed by atoms with Gasteiger partial charge in [-0.25, -0.2) is 4.79 Å². The summed E-state index contributed by atoms with van der Waals surface area (Å²) in [7, 11) is 0. The van der Waals surface area contributed by atoms with Crippen molar-refractivity contribution in [2.24, 2.45) is 0 Å². The average molecular weight is 229 g/mol. The molecule has 2 aliphatic heterocycles. The first-order valence-corrected chi connectivity index (χ1v) is 6.84. The Labute approximate surface area is 95.4 Å². The fourth-order valence-electron chi connectivity index (χ4n) is 1.98. The average Bonchev–Trinajstić information content (AvgIpc) is 2.29. The van der Waals surface area contributed by atoms with Gasteiger partial charge in [-0.3, -0.25) is 4.90 Å². The molecule has 0 saturated carbocycles. The first kappa shape index (κ1) is 11.1. The number of urea groups is 1. The van der Waals surface area contributed by atoms with Crippen LogP contribution in [0.2, 0.25) is 0 Å². The highest BCUT2D eigenvalue weighted by Gasteiger charge is 2.18. The zero-order valence-corrected chi connectivity index (χ0v) is 9.89.